The molecular formula is C16H23FN2S. The Morgan fingerprint density at radius 3 is 3.15 bits per heavy atom. The number of rotatable bonds is 3. The summed E-state index contributed by atoms with van der Waals surface area (Å²) >= 11 is 1.66. The smallest absolute Gasteiger partial charge is 0.137 e. The van der Waals surface area contributed by atoms with E-state index in [-0.39, 0.29) is 5.82 Å². The van der Waals surface area contributed by atoms with Crippen molar-refractivity contribution in [3.05, 3.63) is 29.6 Å². The number of piperidine rings is 1. The van der Waals surface area contributed by atoms with Gasteiger partial charge in [-0.3, -0.25) is 0 Å². The number of nitrogens with zero attached hydrogens (tertiary/aromatic N) is 1. The van der Waals surface area contributed by atoms with E-state index in [2.05, 4.69) is 23.2 Å². The Labute approximate surface area is 125 Å². The fourth-order valence-corrected chi connectivity index (χ4v) is 4.46. The van der Waals surface area contributed by atoms with Crippen LogP contribution in [-0.2, 0) is 0 Å². The van der Waals surface area contributed by atoms with E-state index < -0.39 is 0 Å². The van der Waals surface area contributed by atoms with Gasteiger partial charge < -0.3 is 10.2 Å². The summed E-state index contributed by atoms with van der Waals surface area (Å²) in [4.78, 5) is 3.37. The molecule has 2 nitrogen and oxygen atoms in total. The number of halogens is 1. The third kappa shape index (κ3) is 3.02. The van der Waals surface area contributed by atoms with E-state index in [0.29, 0.717) is 12.1 Å². The molecule has 1 saturated heterocycles. The molecule has 4 heteroatoms. The molecule has 0 aromatic heterocycles. The van der Waals surface area contributed by atoms with Crippen molar-refractivity contribution >= 4 is 11.8 Å². The van der Waals surface area contributed by atoms with Gasteiger partial charge in [0.1, 0.15) is 5.82 Å². The van der Waals surface area contributed by atoms with Gasteiger partial charge in [0.15, 0.2) is 0 Å². The lowest BCUT2D eigenvalue weighted by molar-refractivity contribution is 0.189. The molecule has 0 amide bonds. The number of hydrogen-bond acceptors (Lipinski definition) is 3. The molecule has 0 saturated carbocycles. The van der Waals surface area contributed by atoms with Crippen LogP contribution < -0.4 is 5.32 Å². The molecule has 1 aromatic carbocycles. The SMILES string of the molecule is CCN1CCCC(NC2CCSc3c(F)cccc32)C1. The molecule has 0 radical (unpaired) electrons. The van der Waals surface area contributed by atoms with Crippen molar-refractivity contribution in [3.8, 4) is 0 Å². The number of nitrogens with one attached hydrogen (secondary N) is 1. The van der Waals surface area contributed by atoms with Crippen LogP contribution in [0, 0.1) is 5.82 Å². The Hall–Kier alpha value is -0.580. The highest BCUT2D eigenvalue weighted by atomic mass is 32.2. The number of benzene rings is 1. The molecule has 2 heterocycles. The van der Waals surface area contributed by atoms with Gasteiger partial charge in [0.05, 0.1) is 0 Å². The lowest BCUT2D eigenvalue weighted by Gasteiger charge is -2.36. The average molecular weight is 294 g/mol. The van der Waals surface area contributed by atoms with E-state index in [1.807, 2.05) is 6.07 Å². The van der Waals surface area contributed by atoms with E-state index in [4.69, 9.17) is 0 Å². The summed E-state index contributed by atoms with van der Waals surface area (Å²) in [7, 11) is 0. The van der Waals surface area contributed by atoms with Gasteiger partial charge in [0.25, 0.3) is 0 Å². The first-order chi connectivity index (χ1) is 9.78. The monoisotopic (exact) mass is 294 g/mol. The van der Waals surface area contributed by atoms with Crippen molar-refractivity contribution in [1.82, 2.24) is 10.2 Å². The van der Waals surface area contributed by atoms with Crippen molar-refractivity contribution in [2.24, 2.45) is 0 Å². The van der Waals surface area contributed by atoms with Crippen molar-refractivity contribution in [2.45, 2.75) is 43.2 Å². The first-order valence-electron chi connectivity index (χ1n) is 7.67. The molecule has 2 unspecified atom stereocenters. The molecule has 0 aliphatic carbocycles. The zero-order valence-corrected chi connectivity index (χ0v) is 12.9. The maximum atomic E-state index is 13.9. The summed E-state index contributed by atoms with van der Waals surface area (Å²) in [5.74, 6) is 0.952. The van der Waals surface area contributed by atoms with E-state index in [1.165, 1.54) is 19.4 Å². The zero-order valence-electron chi connectivity index (χ0n) is 12.1. The number of fused-ring (bicyclic) bond motifs is 1. The van der Waals surface area contributed by atoms with Gasteiger partial charge >= 0.3 is 0 Å². The topological polar surface area (TPSA) is 15.3 Å². The van der Waals surface area contributed by atoms with Crippen LogP contribution in [0.2, 0.25) is 0 Å². The van der Waals surface area contributed by atoms with Crippen LogP contribution in [0.4, 0.5) is 4.39 Å². The van der Waals surface area contributed by atoms with E-state index in [9.17, 15) is 4.39 Å². The minimum absolute atomic E-state index is 0.0576. The molecule has 3 rings (SSSR count). The summed E-state index contributed by atoms with van der Waals surface area (Å²) in [5, 5.41) is 3.78. The maximum absolute atomic E-state index is 13.9. The average Bonchev–Trinajstić information content (AvgIpc) is 2.49. The Kier molecular flexibility index (Phi) is 4.64. The third-order valence-corrected chi connectivity index (χ3v) is 5.57. The van der Waals surface area contributed by atoms with Crippen LogP contribution in [0.5, 0.6) is 0 Å². The first-order valence-corrected chi connectivity index (χ1v) is 8.66. The number of likely N-dealkylation sites (N-methyl/N-ethyl adjacent to an activating group) is 1. The molecule has 0 bridgehead atoms. The van der Waals surface area contributed by atoms with Gasteiger partial charge in [-0.15, -0.1) is 11.8 Å². The van der Waals surface area contributed by atoms with E-state index in [1.54, 1.807) is 17.8 Å². The summed E-state index contributed by atoms with van der Waals surface area (Å²) in [6.07, 6.45) is 3.61. The molecule has 110 valence electrons. The zero-order chi connectivity index (χ0) is 13.9. The maximum Gasteiger partial charge on any atom is 0.137 e. The predicted octanol–water partition coefficient (Wildman–Crippen LogP) is 3.44. The van der Waals surface area contributed by atoms with Crippen LogP contribution in [0.25, 0.3) is 0 Å². The quantitative estimate of drug-likeness (QED) is 0.919. The summed E-state index contributed by atoms with van der Waals surface area (Å²) in [5.41, 5.74) is 1.16. The molecule has 2 atom stereocenters. The molecular weight excluding hydrogens is 271 g/mol. The fraction of sp³-hybridized carbons (Fsp3) is 0.625. The van der Waals surface area contributed by atoms with Crippen LogP contribution in [0.1, 0.15) is 37.8 Å². The number of thioether (sulfide) groups is 1. The second kappa shape index (κ2) is 6.46. The van der Waals surface area contributed by atoms with Crippen LogP contribution in [-0.4, -0.2) is 36.3 Å². The van der Waals surface area contributed by atoms with Crippen molar-refractivity contribution in [2.75, 3.05) is 25.4 Å². The predicted molar refractivity (Wildman–Crippen MR) is 82.8 cm³/mol. The van der Waals surface area contributed by atoms with Crippen molar-refractivity contribution < 1.29 is 4.39 Å². The minimum atomic E-state index is -0.0576. The molecule has 2 aliphatic heterocycles. The molecule has 0 spiro atoms. The standard InChI is InChI=1S/C16H23FN2S/c1-2-19-9-4-5-12(11-19)18-15-8-10-20-16-13(15)6-3-7-14(16)17/h3,6-7,12,15,18H,2,4-5,8-11H2,1H3. The molecule has 20 heavy (non-hydrogen) atoms. The van der Waals surface area contributed by atoms with E-state index in [0.717, 1.165) is 35.7 Å². The summed E-state index contributed by atoms with van der Waals surface area (Å²) in [6, 6.07) is 6.38. The van der Waals surface area contributed by atoms with Gasteiger partial charge in [0, 0.05) is 23.5 Å². The summed E-state index contributed by atoms with van der Waals surface area (Å²) in [6.45, 7) is 5.71. The highest BCUT2D eigenvalue weighted by Crippen LogP contribution is 2.38. The van der Waals surface area contributed by atoms with Crippen molar-refractivity contribution in [1.29, 1.82) is 0 Å². The van der Waals surface area contributed by atoms with Crippen LogP contribution >= 0.6 is 11.8 Å². The normalized spacial score (nSPS) is 27.3. The molecule has 2 aliphatic rings. The molecule has 1 N–H and O–H groups in total. The third-order valence-electron chi connectivity index (χ3n) is 4.42. The summed E-state index contributed by atoms with van der Waals surface area (Å²) < 4.78 is 13.9. The molecule has 1 aromatic rings. The second-order valence-corrected chi connectivity index (χ2v) is 6.85. The Morgan fingerprint density at radius 1 is 1.40 bits per heavy atom. The highest BCUT2D eigenvalue weighted by Gasteiger charge is 2.27. The largest absolute Gasteiger partial charge is 0.306 e. The lowest BCUT2D eigenvalue weighted by atomic mass is 9.99. The number of hydrogen-bond donors (Lipinski definition) is 1. The van der Waals surface area contributed by atoms with Crippen LogP contribution in [0.3, 0.4) is 0 Å². The first kappa shape index (κ1) is 14.4. The molecule has 1 fully saturated rings. The van der Waals surface area contributed by atoms with Gasteiger partial charge in [0.2, 0.25) is 0 Å². The van der Waals surface area contributed by atoms with E-state index >= 15 is 0 Å². The van der Waals surface area contributed by atoms with Gasteiger partial charge in [-0.1, -0.05) is 19.1 Å². The Bertz CT molecular complexity index is 466. The van der Waals surface area contributed by atoms with Gasteiger partial charge in [-0.25, -0.2) is 4.39 Å². The minimum Gasteiger partial charge on any atom is -0.306 e. The highest BCUT2D eigenvalue weighted by molar-refractivity contribution is 7.99. The lowest BCUT2D eigenvalue weighted by Crippen LogP contribution is -2.47. The Morgan fingerprint density at radius 2 is 2.30 bits per heavy atom. The van der Waals surface area contributed by atoms with Gasteiger partial charge in [-0.05, 0) is 49.7 Å². The number of likely N-dealkylation sites (tertiary alicyclic amines) is 1. The van der Waals surface area contributed by atoms with Crippen molar-refractivity contribution in [3.63, 3.8) is 0 Å². The van der Waals surface area contributed by atoms with Gasteiger partial charge in [-0.2, -0.15) is 0 Å². The Balaban J connectivity index is 1.71. The fourth-order valence-electron chi connectivity index (χ4n) is 3.32. The van der Waals surface area contributed by atoms with Crippen LogP contribution in [0.15, 0.2) is 23.1 Å². The second-order valence-electron chi connectivity index (χ2n) is 5.75.